The maximum absolute atomic E-state index is 9.81. The molecule has 0 saturated carbocycles. The molecule has 1 aliphatic heterocycles. The molecule has 0 unspecified atom stereocenters. The van der Waals surface area contributed by atoms with Crippen LogP contribution in [0.4, 0.5) is 11.8 Å². The SMILES string of the molecule is COc1c(C)cccc1-c1cc(-c2cn(Cc3cccc(N4CC[C@@H](O)C4)n3)nn2)nc(N)n1. The second kappa shape index (κ2) is 9.06. The molecule has 3 aromatic heterocycles. The standard InChI is InChI=1S/C24H26N8O2/c1-15-5-3-7-18(23(15)34-2)19-11-20(28-24(25)27-19)21-14-32(30-29-21)12-16-6-4-8-22(26-16)31-10-9-17(33)13-31/h3-8,11,14,17,33H,9-10,12-13H2,1-2H3,(H2,25,27,28)/t17-/m1/s1. The van der Waals surface area contributed by atoms with Crippen LogP contribution in [0.5, 0.6) is 5.75 Å². The fourth-order valence-corrected chi connectivity index (χ4v) is 4.20. The molecule has 0 bridgehead atoms. The fraction of sp³-hybridized carbons (Fsp3) is 0.292. The van der Waals surface area contributed by atoms with Crippen molar-refractivity contribution in [3.05, 3.63) is 59.9 Å². The van der Waals surface area contributed by atoms with Crippen molar-refractivity contribution >= 4 is 11.8 Å². The van der Waals surface area contributed by atoms with Crippen molar-refractivity contribution in [2.75, 3.05) is 30.8 Å². The summed E-state index contributed by atoms with van der Waals surface area (Å²) < 4.78 is 7.30. The van der Waals surface area contributed by atoms with E-state index in [0.717, 1.165) is 41.4 Å². The summed E-state index contributed by atoms with van der Waals surface area (Å²) in [5, 5.41) is 18.4. The van der Waals surface area contributed by atoms with E-state index in [1.165, 1.54) is 0 Å². The summed E-state index contributed by atoms with van der Waals surface area (Å²) in [6, 6.07) is 13.6. The Labute approximate surface area is 197 Å². The van der Waals surface area contributed by atoms with Crippen molar-refractivity contribution in [1.29, 1.82) is 0 Å². The number of benzene rings is 1. The van der Waals surface area contributed by atoms with Crippen LogP contribution in [0.1, 0.15) is 17.7 Å². The zero-order valence-electron chi connectivity index (χ0n) is 19.1. The molecule has 1 saturated heterocycles. The molecule has 10 nitrogen and oxygen atoms in total. The molecule has 1 aliphatic rings. The van der Waals surface area contributed by atoms with E-state index in [1.807, 2.05) is 55.6 Å². The molecule has 0 aliphatic carbocycles. The normalized spacial score (nSPS) is 15.6. The van der Waals surface area contributed by atoms with Crippen LogP contribution >= 0.6 is 0 Å². The Bertz CT molecular complexity index is 1320. The number of nitrogens with zero attached hydrogens (tertiary/aromatic N) is 7. The van der Waals surface area contributed by atoms with Gasteiger partial charge in [-0.1, -0.05) is 23.4 Å². The molecule has 0 radical (unpaired) electrons. The van der Waals surface area contributed by atoms with E-state index in [4.69, 9.17) is 15.5 Å². The lowest BCUT2D eigenvalue weighted by atomic mass is 10.1. The van der Waals surface area contributed by atoms with Crippen molar-refractivity contribution in [3.63, 3.8) is 0 Å². The number of rotatable bonds is 6. The van der Waals surface area contributed by atoms with E-state index in [0.29, 0.717) is 30.2 Å². The third kappa shape index (κ3) is 4.40. The molecular weight excluding hydrogens is 432 g/mol. The van der Waals surface area contributed by atoms with Gasteiger partial charge in [0.05, 0.1) is 43.0 Å². The molecule has 1 aromatic carbocycles. The Morgan fingerprint density at radius 1 is 1.09 bits per heavy atom. The molecule has 0 spiro atoms. The number of anilines is 2. The van der Waals surface area contributed by atoms with E-state index >= 15 is 0 Å². The molecule has 1 atom stereocenters. The summed E-state index contributed by atoms with van der Waals surface area (Å²) >= 11 is 0. The molecule has 4 aromatic rings. The highest BCUT2D eigenvalue weighted by Crippen LogP contribution is 2.33. The van der Waals surface area contributed by atoms with Gasteiger partial charge in [-0.25, -0.2) is 19.6 Å². The van der Waals surface area contributed by atoms with E-state index < -0.39 is 0 Å². The molecule has 0 amide bonds. The molecule has 3 N–H and O–H groups in total. The summed E-state index contributed by atoms with van der Waals surface area (Å²) in [5.41, 5.74) is 10.5. The minimum Gasteiger partial charge on any atom is -0.496 e. The van der Waals surface area contributed by atoms with E-state index in [2.05, 4.69) is 25.2 Å². The van der Waals surface area contributed by atoms with Crippen molar-refractivity contribution in [2.45, 2.75) is 26.0 Å². The van der Waals surface area contributed by atoms with Gasteiger partial charge >= 0.3 is 0 Å². The van der Waals surface area contributed by atoms with Gasteiger partial charge in [0.25, 0.3) is 0 Å². The predicted molar refractivity (Wildman–Crippen MR) is 128 cm³/mol. The van der Waals surface area contributed by atoms with Gasteiger partial charge in [-0.3, -0.25) is 0 Å². The molecule has 1 fully saturated rings. The predicted octanol–water partition coefficient (Wildman–Crippen LogP) is 2.32. The number of nitrogen functional groups attached to an aromatic ring is 1. The average Bonchev–Trinajstić information content (AvgIpc) is 3.48. The lowest BCUT2D eigenvalue weighted by Crippen LogP contribution is -2.22. The van der Waals surface area contributed by atoms with Crippen LogP contribution in [0.2, 0.25) is 0 Å². The number of methoxy groups -OCH3 is 1. The van der Waals surface area contributed by atoms with Gasteiger partial charge in [0.15, 0.2) is 0 Å². The highest BCUT2D eigenvalue weighted by atomic mass is 16.5. The fourth-order valence-electron chi connectivity index (χ4n) is 4.20. The topological polar surface area (TPSA) is 128 Å². The number of hydrogen-bond donors (Lipinski definition) is 2. The van der Waals surface area contributed by atoms with Crippen molar-refractivity contribution < 1.29 is 9.84 Å². The summed E-state index contributed by atoms with van der Waals surface area (Å²) in [5.74, 6) is 1.74. The van der Waals surface area contributed by atoms with Gasteiger partial charge in [0.2, 0.25) is 5.95 Å². The van der Waals surface area contributed by atoms with E-state index in [9.17, 15) is 5.11 Å². The first-order chi connectivity index (χ1) is 16.5. The largest absolute Gasteiger partial charge is 0.496 e. The number of aromatic nitrogens is 6. The minimum atomic E-state index is -0.298. The maximum Gasteiger partial charge on any atom is 0.221 e. The summed E-state index contributed by atoms with van der Waals surface area (Å²) in [6.07, 6.45) is 2.28. The summed E-state index contributed by atoms with van der Waals surface area (Å²) in [7, 11) is 1.64. The van der Waals surface area contributed by atoms with Crippen LogP contribution in [0.25, 0.3) is 22.6 Å². The third-order valence-corrected chi connectivity index (χ3v) is 5.84. The first kappa shape index (κ1) is 21.8. The van der Waals surface area contributed by atoms with Gasteiger partial charge in [-0.2, -0.15) is 0 Å². The maximum atomic E-state index is 9.81. The van der Waals surface area contributed by atoms with Gasteiger partial charge < -0.3 is 20.5 Å². The van der Waals surface area contributed by atoms with Gasteiger partial charge in [0, 0.05) is 18.7 Å². The Balaban J connectivity index is 1.40. The Morgan fingerprint density at radius 2 is 1.91 bits per heavy atom. The first-order valence-corrected chi connectivity index (χ1v) is 11.1. The third-order valence-electron chi connectivity index (χ3n) is 5.84. The number of ether oxygens (including phenoxy) is 1. The summed E-state index contributed by atoms with van der Waals surface area (Å²) in [6.45, 7) is 3.84. The number of para-hydroxylation sites is 1. The Kier molecular flexibility index (Phi) is 5.81. The molecule has 34 heavy (non-hydrogen) atoms. The number of aryl methyl sites for hydroxylation is 1. The lowest BCUT2D eigenvalue weighted by molar-refractivity contribution is 0.198. The Morgan fingerprint density at radius 3 is 2.71 bits per heavy atom. The van der Waals surface area contributed by atoms with Crippen LogP contribution in [0, 0.1) is 6.92 Å². The monoisotopic (exact) mass is 458 g/mol. The quantitative estimate of drug-likeness (QED) is 0.447. The smallest absolute Gasteiger partial charge is 0.221 e. The first-order valence-electron chi connectivity index (χ1n) is 11.1. The van der Waals surface area contributed by atoms with Crippen LogP contribution in [0.15, 0.2) is 48.7 Å². The molecular formula is C24H26N8O2. The van der Waals surface area contributed by atoms with Gasteiger partial charge in [-0.15, -0.1) is 5.10 Å². The zero-order valence-corrected chi connectivity index (χ0v) is 19.1. The minimum absolute atomic E-state index is 0.146. The molecule has 10 heteroatoms. The number of nitrogens with two attached hydrogens (primary N) is 1. The van der Waals surface area contributed by atoms with Crippen LogP contribution in [-0.4, -0.2) is 61.4 Å². The number of hydrogen-bond acceptors (Lipinski definition) is 9. The number of aliphatic hydroxyl groups is 1. The molecule has 4 heterocycles. The van der Waals surface area contributed by atoms with Crippen LogP contribution in [-0.2, 0) is 6.54 Å². The number of β-amino-alcohol motifs (C(OH)–C–C–N with tert-alkyl or cyclic N) is 1. The average molecular weight is 459 g/mol. The van der Waals surface area contributed by atoms with Crippen LogP contribution in [0.3, 0.4) is 0 Å². The zero-order chi connectivity index (χ0) is 23.7. The summed E-state index contributed by atoms with van der Waals surface area (Å²) in [4.78, 5) is 15.6. The molecule has 5 rings (SSSR count). The second-order valence-electron chi connectivity index (χ2n) is 8.33. The number of aliphatic hydroxyl groups excluding tert-OH is 1. The van der Waals surface area contributed by atoms with Crippen molar-refractivity contribution in [2.24, 2.45) is 0 Å². The van der Waals surface area contributed by atoms with E-state index in [1.54, 1.807) is 11.8 Å². The Hall–Kier alpha value is -4.05. The van der Waals surface area contributed by atoms with Gasteiger partial charge in [0.1, 0.15) is 17.3 Å². The van der Waals surface area contributed by atoms with Crippen LogP contribution < -0.4 is 15.4 Å². The lowest BCUT2D eigenvalue weighted by Gasteiger charge is -2.17. The number of pyridine rings is 1. The van der Waals surface area contributed by atoms with E-state index in [-0.39, 0.29) is 12.1 Å². The molecule has 174 valence electrons. The van der Waals surface area contributed by atoms with Crippen molar-refractivity contribution in [1.82, 2.24) is 29.9 Å². The highest BCUT2D eigenvalue weighted by Gasteiger charge is 2.21. The highest BCUT2D eigenvalue weighted by molar-refractivity contribution is 5.73. The van der Waals surface area contributed by atoms with Gasteiger partial charge in [-0.05, 0) is 43.2 Å². The van der Waals surface area contributed by atoms with Crippen molar-refractivity contribution in [3.8, 4) is 28.4 Å². The second-order valence-corrected chi connectivity index (χ2v) is 8.33.